The van der Waals surface area contributed by atoms with Gasteiger partial charge in [-0.05, 0) is 12.1 Å². The number of carbonyl (C=O) groups is 1. The molecule has 1 amide bonds. The van der Waals surface area contributed by atoms with E-state index in [9.17, 15) is 4.79 Å². The second-order valence-corrected chi connectivity index (χ2v) is 3.37. The number of carbonyl (C=O) groups excluding carboxylic acids is 1. The number of amides is 1. The van der Waals surface area contributed by atoms with E-state index in [0.29, 0.717) is 0 Å². The van der Waals surface area contributed by atoms with Gasteiger partial charge in [0.2, 0.25) is 5.91 Å². The third-order valence-corrected chi connectivity index (χ3v) is 2.67. The van der Waals surface area contributed by atoms with Gasteiger partial charge in [-0.2, -0.15) is 0 Å². The van der Waals surface area contributed by atoms with E-state index in [-0.39, 0.29) is 5.91 Å². The van der Waals surface area contributed by atoms with Crippen LogP contribution in [0, 0.1) is 0 Å². The minimum Gasteiger partial charge on any atom is -0.351 e. The zero-order valence-corrected chi connectivity index (χ0v) is 8.68. The van der Waals surface area contributed by atoms with Crippen molar-refractivity contribution in [3.8, 4) is 0 Å². The number of pyridine rings is 1. The van der Waals surface area contributed by atoms with E-state index in [2.05, 4.69) is 4.98 Å². The van der Waals surface area contributed by atoms with Crippen molar-refractivity contribution >= 4 is 5.91 Å². The van der Waals surface area contributed by atoms with Gasteiger partial charge in [-0.15, -0.1) is 0 Å². The topological polar surface area (TPSA) is 42.4 Å². The molecule has 2 rings (SSSR count). The van der Waals surface area contributed by atoms with E-state index in [1.807, 2.05) is 12.1 Å². The number of rotatable bonds is 2. The molecule has 0 spiro atoms. The second kappa shape index (κ2) is 3.47. The summed E-state index contributed by atoms with van der Waals surface area (Å²) in [6.07, 6.45) is 6.64. The van der Waals surface area contributed by atoms with Crippen LogP contribution in [0.25, 0.3) is 0 Å². The normalized spacial score (nSPS) is 24.9. The number of aromatic nitrogens is 1. The Labute approximate surface area is 88.2 Å². The van der Waals surface area contributed by atoms with Gasteiger partial charge in [-0.25, -0.2) is 0 Å². The van der Waals surface area contributed by atoms with Gasteiger partial charge in [-0.3, -0.25) is 9.78 Å². The maximum Gasteiger partial charge on any atom is 0.248 e. The van der Waals surface area contributed by atoms with Crippen molar-refractivity contribution in [2.24, 2.45) is 0 Å². The molecule has 0 saturated carbocycles. The van der Waals surface area contributed by atoms with Gasteiger partial charge >= 0.3 is 0 Å². The van der Waals surface area contributed by atoms with Crippen LogP contribution >= 0.6 is 0 Å². The molecule has 1 unspecified atom stereocenters. The molecule has 2 heterocycles. The Morgan fingerprint density at radius 2 is 2.33 bits per heavy atom. The molecule has 1 aliphatic rings. The van der Waals surface area contributed by atoms with E-state index >= 15 is 0 Å². The average Bonchev–Trinajstić information content (AvgIpc) is 2.59. The molecule has 1 aliphatic heterocycles. The maximum absolute atomic E-state index is 11.5. The second-order valence-electron chi connectivity index (χ2n) is 3.37. The lowest BCUT2D eigenvalue weighted by atomic mass is 10.1. The zero-order chi connectivity index (χ0) is 10.9. The van der Waals surface area contributed by atoms with Crippen LogP contribution in [0.15, 0.2) is 36.7 Å². The van der Waals surface area contributed by atoms with Crippen molar-refractivity contribution in [2.45, 2.75) is 5.72 Å². The van der Waals surface area contributed by atoms with Crippen molar-refractivity contribution in [2.75, 3.05) is 14.2 Å². The van der Waals surface area contributed by atoms with Crippen LogP contribution in [0.3, 0.4) is 0 Å². The Bertz CT molecular complexity index is 402. The highest BCUT2D eigenvalue weighted by Gasteiger charge is 2.40. The van der Waals surface area contributed by atoms with Crippen LogP contribution in [0.5, 0.6) is 0 Å². The summed E-state index contributed by atoms with van der Waals surface area (Å²) in [6, 6.07) is 3.70. The number of ether oxygens (including phenoxy) is 1. The minimum absolute atomic E-state index is 0.0688. The maximum atomic E-state index is 11.5. The van der Waals surface area contributed by atoms with Gasteiger partial charge < -0.3 is 9.64 Å². The first-order chi connectivity index (χ1) is 7.20. The largest absolute Gasteiger partial charge is 0.351 e. The molecule has 1 aromatic heterocycles. The molecule has 0 saturated heterocycles. The zero-order valence-electron chi connectivity index (χ0n) is 8.68. The van der Waals surface area contributed by atoms with Crippen molar-refractivity contribution < 1.29 is 9.53 Å². The molecule has 0 aliphatic carbocycles. The van der Waals surface area contributed by atoms with Crippen LogP contribution in [0.4, 0.5) is 0 Å². The third kappa shape index (κ3) is 1.34. The number of likely N-dealkylation sites (N-methyl/N-ethyl adjacent to an activating group) is 1. The Morgan fingerprint density at radius 3 is 2.80 bits per heavy atom. The van der Waals surface area contributed by atoms with E-state index in [4.69, 9.17) is 4.74 Å². The summed E-state index contributed by atoms with van der Waals surface area (Å²) < 4.78 is 5.45. The predicted molar refractivity (Wildman–Crippen MR) is 54.8 cm³/mol. The van der Waals surface area contributed by atoms with E-state index < -0.39 is 5.72 Å². The summed E-state index contributed by atoms with van der Waals surface area (Å²) in [5, 5.41) is 0. The molecule has 1 aromatic rings. The molecule has 15 heavy (non-hydrogen) atoms. The first-order valence-corrected chi connectivity index (χ1v) is 4.63. The van der Waals surface area contributed by atoms with Gasteiger partial charge in [0, 0.05) is 38.2 Å². The van der Waals surface area contributed by atoms with Gasteiger partial charge in [0.05, 0.1) is 0 Å². The van der Waals surface area contributed by atoms with Crippen LogP contribution in [0.2, 0.25) is 0 Å². The van der Waals surface area contributed by atoms with Crippen LogP contribution in [-0.4, -0.2) is 29.9 Å². The highest BCUT2D eigenvalue weighted by molar-refractivity contribution is 5.91. The van der Waals surface area contributed by atoms with Gasteiger partial charge in [-0.1, -0.05) is 6.07 Å². The summed E-state index contributed by atoms with van der Waals surface area (Å²) in [5.41, 5.74) is 0.0443. The fraction of sp³-hybridized carbons (Fsp3) is 0.273. The van der Waals surface area contributed by atoms with Crippen LogP contribution in [0.1, 0.15) is 5.56 Å². The SMILES string of the molecule is COC1(c2cccnc2)C=CC(=O)N1C. The number of hydrogen-bond acceptors (Lipinski definition) is 3. The molecule has 78 valence electrons. The molecule has 4 nitrogen and oxygen atoms in total. The van der Waals surface area contributed by atoms with Crippen molar-refractivity contribution in [1.29, 1.82) is 0 Å². The lowest BCUT2D eigenvalue weighted by Gasteiger charge is -2.33. The van der Waals surface area contributed by atoms with Gasteiger partial charge in [0.25, 0.3) is 0 Å². The fourth-order valence-electron chi connectivity index (χ4n) is 1.76. The van der Waals surface area contributed by atoms with Crippen molar-refractivity contribution in [3.63, 3.8) is 0 Å². The van der Waals surface area contributed by atoms with Crippen molar-refractivity contribution in [3.05, 3.63) is 42.2 Å². The monoisotopic (exact) mass is 204 g/mol. The van der Waals surface area contributed by atoms with E-state index in [1.54, 1.807) is 37.5 Å². The molecule has 0 aromatic carbocycles. The number of methoxy groups -OCH3 is 1. The fourth-order valence-corrected chi connectivity index (χ4v) is 1.76. The molecular formula is C11H12N2O2. The van der Waals surface area contributed by atoms with Gasteiger partial charge in [0.15, 0.2) is 5.72 Å². The Hall–Kier alpha value is -1.68. The summed E-state index contributed by atoms with van der Waals surface area (Å²) in [4.78, 5) is 17.0. The molecule has 1 atom stereocenters. The first-order valence-electron chi connectivity index (χ1n) is 4.63. The summed E-state index contributed by atoms with van der Waals surface area (Å²) in [5.74, 6) is -0.0688. The molecule has 0 N–H and O–H groups in total. The average molecular weight is 204 g/mol. The quantitative estimate of drug-likeness (QED) is 0.719. The summed E-state index contributed by atoms with van der Waals surface area (Å²) in [6.45, 7) is 0. The lowest BCUT2D eigenvalue weighted by molar-refractivity contribution is -0.144. The molecule has 0 fully saturated rings. The van der Waals surface area contributed by atoms with Gasteiger partial charge in [0.1, 0.15) is 0 Å². The minimum atomic E-state index is -0.800. The highest BCUT2D eigenvalue weighted by atomic mass is 16.5. The number of hydrogen-bond donors (Lipinski definition) is 0. The Balaban J connectivity index is 2.48. The summed E-state index contributed by atoms with van der Waals surface area (Å²) in [7, 11) is 3.28. The predicted octanol–water partition coefficient (Wildman–Crippen LogP) is 0.909. The smallest absolute Gasteiger partial charge is 0.248 e. The molecule has 4 heteroatoms. The highest BCUT2D eigenvalue weighted by Crippen LogP contribution is 2.33. The van der Waals surface area contributed by atoms with E-state index in [1.165, 1.54) is 6.08 Å². The standard InChI is InChI=1S/C11H12N2O2/c1-13-10(14)5-6-11(13,15-2)9-4-3-7-12-8-9/h3-8H,1-2H3. The Morgan fingerprint density at radius 1 is 1.53 bits per heavy atom. The number of nitrogens with zero attached hydrogens (tertiary/aromatic N) is 2. The van der Waals surface area contributed by atoms with Crippen LogP contribution in [-0.2, 0) is 15.3 Å². The van der Waals surface area contributed by atoms with Crippen LogP contribution < -0.4 is 0 Å². The Kier molecular flexibility index (Phi) is 2.28. The lowest BCUT2D eigenvalue weighted by Crippen LogP contribution is -2.42. The first kappa shape index (κ1) is 9.86. The summed E-state index contributed by atoms with van der Waals surface area (Å²) >= 11 is 0. The molecular weight excluding hydrogens is 192 g/mol. The van der Waals surface area contributed by atoms with E-state index in [0.717, 1.165) is 5.56 Å². The molecule has 0 radical (unpaired) electrons. The molecule has 0 bridgehead atoms. The van der Waals surface area contributed by atoms with Crippen molar-refractivity contribution in [1.82, 2.24) is 9.88 Å². The third-order valence-electron chi connectivity index (χ3n) is 2.67.